The summed E-state index contributed by atoms with van der Waals surface area (Å²) in [7, 11) is 0. The van der Waals surface area contributed by atoms with Crippen molar-refractivity contribution in [1.29, 1.82) is 0 Å². The summed E-state index contributed by atoms with van der Waals surface area (Å²) < 4.78 is 2.47. The standard InChI is InChI=1S/C28H35N3O/c32-28(30-16-8-1-2-9-17-30)24-14-18-29(19-15-24)22-26-20-25-12-6-7-13-27(25)31(26)21-23-10-4-3-5-11-23/h3-7,10-13,20,24H,1-2,8-9,14-19,21-22H2. The minimum Gasteiger partial charge on any atom is -0.342 e. The summed E-state index contributed by atoms with van der Waals surface area (Å²) in [5, 5.41) is 1.31. The van der Waals surface area contributed by atoms with E-state index in [9.17, 15) is 4.79 Å². The Kier molecular flexibility index (Phi) is 6.59. The van der Waals surface area contributed by atoms with E-state index in [2.05, 4.69) is 75.0 Å². The minimum absolute atomic E-state index is 0.222. The Morgan fingerprint density at radius 1 is 0.781 bits per heavy atom. The first-order valence-electron chi connectivity index (χ1n) is 12.4. The zero-order chi connectivity index (χ0) is 21.8. The predicted octanol–water partition coefficient (Wildman–Crippen LogP) is 5.30. The number of benzene rings is 2. The highest BCUT2D eigenvalue weighted by atomic mass is 16.2. The average Bonchev–Trinajstić information content (AvgIpc) is 3.00. The summed E-state index contributed by atoms with van der Waals surface area (Å²) in [4.78, 5) is 17.8. The Labute approximate surface area is 191 Å². The van der Waals surface area contributed by atoms with Gasteiger partial charge < -0.3 is 9.47 Å². The second-order valence-corrected chi connectivity index (χ2v) is 9.56. The summed E-state index contributed by atoms with van der Waals surface area (Å²) in [6, 6.07) is 21.8. The molecule has 0 radical (unpaired) electrons. The van der Waals surface area contributed by atoms with Gasteiger partial charge in [-0.05, 0) is 61.9 Å². The number of hydrogen-bond acceptors (Lipinski definition) is 2. The zero-order valence-corrected chi connectivity index (χ0v) is 19.1. The maximum atomic E-state index is 13.0. The monoisotopic (exact) mass is 429 g/mol. The molecule has 0 saturated carbocycles. The Balaban J connectivity index is 1.26. The fourth-order valence-electron chi connectivity index (χ4n) is 5.47. The minimum atomic E-state index is 0.222. The molecule has 5 rings (SSSR count). The summed E-state index contributed by atoms with van der Waals surface area (Å²) in [5.41, 5.74) is 4.00. The van der Waals surface area contributed by atoms with Crippen LogP contribution in [0.2, 0.25) is 0 Å². The zero-order valence-electron chi connectivity index (χ0n) is 19.1. The van der Waals surface area contributed by atoms with E-state index < -0.39 is 0 Å². The largest absolute Gasteiger partial charge is 0.342 e. The van der Waals surface area contributed by atoms with Gasteiger partial charge in [-0.25, -0.2) is 0 Å². The number of rotatable bonds is 5. The quantitative estimate of drug-likeness (QED) is 0.550. The first-order chi connectivity index (χ1) is 15.8. The van der Waals surface area contributed by atoms with Crippen molar-refractivity contribution >= 4 is 16.8 Å². The van der Waals surface area contributed by atoms with E-state index in [0.29, 0.717) is 5.91 Å². The smallest absolute Gasteiger partial charge is 0.225 e. The lowest BCUT2D eigenvalue weighted by atomic mass is 9.95. The molecule has 3 heterocycles. The van der Waals surface area contributed by atoms with Gasteiger partial charge in [0.2, 0.25) is 5.91 Å². The number of aromatic nitrogens is 1. The molecule has 0 atom stereocenters. The maximum Gasteiger partial charge on any atom is 0.225 e. The summed E-state index contributed by atoms with van der Waals surface area (Å²) >= 11 is 0. The van der Waals surface area contributed by atoms with Gasteiger partial charge in [0.05, 0.1) is 0 Å². The molecule has 4 heteroatoms. The van der Waals surface area contributed by atoms with E-state index in [0.717, 1.165) is 52.1 Å². The number of likely N-dealkylation sites (tertiary alicyclic amines) is 2. The highest BCUT2D eigenvalue weighted by molar-refractivity contribution is 5.81. The molecule has 0 bridgehead atoms. The van der Waals surface area contributed by atoms with Crippen LogP contribution in [0.3, 0.4) is 0 Å². The fraction of sp³-hybridized carbons (Fsp3) is 0.464. The van der Waals surface area contributed by atoms with Crippen molar-refractivity contribution in [3.63, 3.8) is 0 Å². The Morgan fingerprint density at radius 2 is 1.47 bits per heavy atom. The van der Waals surface area contributed by atoms with Crippen molar-refractivity contribution in [3.05, 3.63) is 71.9 Å². The van der Waals surface area contributed by atoms with Crippen LogP contribution in [0, 0.1) is 5.92 Å². The molecule has 1 amide bonds. The number of fused-ring (bicyclic) bond motifs is 1. The van der Waals surface area contributed by atoms with Crippen molar-refractivity contribution in [3.8, 4) is 0 Å². The van der Waals surface area contributed by atoms with Gasteiger partial charge in [-0.1, -0.05) is 61.4 Å². The van der Waals surface area contributed by atoms with Gasteiger partial charge in [0.15, 0.2) is 0 Å². The predicted molar refractivity (Wildman–Crippen MR) is 131 cm³/mol. The number of amides is 1. The second kappa shape index (κ2) is 9.91. The summed E-state index contributed by atoms with van der Waals surface area (Å²) in [6.07, 6.45) is 6.90. The lowest BCUT2D eigenvalue weighted by molar-refractivity contribution is -0.137. The molecule has 0 spiro atoms. The molecule has 0 aliphatic carbocycles. The van der Waals surface area contributed by atoms with Crippen LogP contribution in [0.5, 0.6) is 0 Å². The molecular formula is C28H35N3O. The van der Waals surface area contributed by atoms with E-state index >= 15 is 0 Å². The van der Waals surface area contributed by atoms with Crippen molar-refractivity contribution < 1.29 is 4.79 Å². The molecule has 0 unspecified atom stereocenters. The second-order valence-electron chi connectivity index (χ2n) is 9.56. The highest BCUT2D eigenvalue weighted by Crippen LogP contribution is 2.26. The van der Waals surface area contributed by atoms with Gasteiger partial charge >= 0.3 is 0 Å². The summed E-state index contributed by atoms with van der Waals surface area (Å²) in [5.74, 6) is 0.643. The van der Waals surface area contributed by atoms with E-state index in [1.54, 1.807) is 0 Å². The number of para-hydroxylation sites is 1. The highest BCUT2D eigenvalue weighted by Gasteiger charge is 2.29. The van der Waals surface area contributed by atoms with Gasteiger partial charge in [0.25, 0.3) is 0 Å². The van der Waals surface area contributed by atoms with Crippen molar-refractivity contribution in [2.45, 2.75) is 51.6 Å². The molecular weight excluding hydrogens is 394 g/mol. The van der Waals surface area contributed by atoms with Crippen LogP contribution in [-0.2, 0) is 17.9 Å². The first kappa shape index (κ1) is 21.3. The Bertz CT molecular complexity index is 1030. The average molecular weight is 430 g/mol. The van der Waals surface area contributed by atoms with E-state index in [1.807, 2.05) is 0 Å². The Hall–Kier alpha value is -2.59. The fourth-order valence-corrected chi connectivity index (χ4v) is 5.47. The normalized spacial score (nSPS) is 18.7. The third-order valence-electron chi connectivity index (χ3n) is 7.32. The van der Waals surface area contributed by atoms with E-state index in [-0.39, 0.29) is 5.92 Å². The first-order valence-corrected chi connectivity index (χ1v) is 12.4. The number of carbonyl (C=O) groups is 1. The lowest BCUT2D eigenvalue weighted by Gasteiger charge is -2.34. The molecule has 3 aromatic rings. The molecule has 0 N–H and O–H groups in total. The molecule has 2 aromatic carbocycles. The molecule has 2 fully saturated rings. The topological polar surface area (TPSA) is 28.5 Å². The molecule has 1 aromatic heterocycles. The summed E-state index contributed by atoms with van der Waals surface area (Å²) in [6.45, 7) is 5.81. The van der Waals surface area contributed by atoms with Crippen LogP contribution < -0.4 is 0 Å². The van der Waals surface area contributed by atoms with Gasteiger partial charge in [0.1, 0.15) is 0 Å². The molecule has 2 saturated heterocycles. The van der Waals surface area contributed by atoms with Crippen LogP contribution in [0.15, 0.2) is 60.7 Å². The third-order valence-corrected chi connectivity index (χ3v) is 7.32. The number of nitrogens with zero attached hydrogens (tertiary/aromatic N) is 3. The van der Waals surface area contributed by atoms with Crippen LogP contribution in [0.4, 0.5) is 0 Å². The molecule has 2 aliphatic rings. The molecule has 32 heavy (non-hydrogen) atoms. The maximum absolute atomic E-state index is 13.0. The lowest BCUT2D eigenvalue weighted by Crippen LogP contribution is -2.42. The molecule has 2 aliphatic heterocycles. The molecule has 4 nitrogen and oxygen atoms in total. The number of hydrogen-bond donors (Lipinski definition) is 0. The van der Waals surface area contributed by atoms with Gasteiger partial charge in [-0.15, -0.1) is 0 Å². The van der Waals surface area contributed by atoms with Crippen LogP contribution in [0.25, 0.3) is 10.9 Å². The van der Waals surface area contributed by atoms with Crippen molar-refractivity contribution in [2.75, 3.05) is 26.2 Å². The van der Waals surface area contributed by atoms with Crippen LogP contribution in [0.1, 0.15) is 49.8 Å². The van der Waals surface area contributed by atoms with Gasteiger partial charge in [0, 0.05) is 43.3 Å². The van der Waals surface area contributed by atoms with E-state index in [1.165, 1.54) is 47.8 Å². The van der Waals surface area contributed by atoms with Gasteiger partial charge in [-0.2, -0.15) is 0 Å². The number of carbonyl (C=O) groups excluding carboxylic acids is 1. The molecule has 168 valence electrons. The SMILES string of the molecule is O=C(C1CCN(Cc2cc3ccccc3n2Cc2ccccc2)CC1)N1CCCCCC1. The van der Waals surface area contributed by atoms with Crippen LogP contribution in [-0.4, -0.2) is 46.5 Å². The van der Waals surface area contributed by atoms with Crippen molar-refractivity contribution in [2.24, 2.45) is 5.92 Å². The van der Waals surface area contributed by atoms with E-state index in [4.69, 9.17) is 0 Å². The Morgan fingerprint density at radius 3 is 2.22 bits per heavy atom. The van der Waals surface area contributed by atoms with Crippen molar-refractivity contribution in [1.82, 2.24) is 14.4 Å². The van der Waals surface area contributed by atoms with Crippen LogP contribution >= 0.6 is 0 Å². The van der Waals surface area contributed by atoms with Gasteiger partial charge in [-0.3, -0.25) is 9.69 Å². The number of piperidine rings is 1. The third kappa shape index (κ3) is 4.75.